The van der Waals surface area contributed by atoms with E-state index in [0.29, 0.717) is 22.6 Å². The van der Waals surface area contributed by atoms with Crippen LogP contribution >= 0.6 is 0 Å². The van der Waals surface area contributed by atoms with E-state index in [1.807, 2.05) is 0 Å². The Morgan fingerprint density at radius 2 is 2.04 bits per heavy atom. The van der Waals surface area contributed by atoms with E-state index >= 15 is 0 Å². The summed E-state index contributed by atoms with van der Waals surface area (Å²) >= 11 is 0. The first kappa shape index (κ1) is 16.7. The van der Waals surface area contributed by atoms with Crippen molar-refractivity contribution in [1.29, 1.82) is 0 Å². The molecule has 0 saturated carbocycles. The minimum absolute atomic E-state index is 0.0884. The highest BCUT2D eigenvalue weighted by atomic mass is 19.4. The molecule has 0 spiro atoms. The fourth-order valence-electron chi connectivity index (χ4n) is 2.05. The Balaban J connectivity index is 2.11. The standard InChI is InChI=1S/C15H14F3N3O2/c1-10-7-14(19-9-13(10)21(22)23)20-12-4-2-3-11(8-12)5-6-15(16,17)18/h2-4,7-9H,5-6H2,1H3,(H,19,20). The Morgan fingerprint density at radius 1 is 1.30 bits per heavy atom. The molecule has 0 atom stereocenters. The van der Waals surface area contributed by atoms with Crippen molar-refractivity contribution in [3.05, 3.63) is 57.8 Å². The lowest BCUT2D eigenvalue weighted by atomic mass is 10.1. The van der Waals surface area contributed by atoms with Crippen LogP contribution in [0.1, 0.15) is 17.5 Å². The molecule has 8 heteroatoms. The van der Waals surface area contributed by atoms with Crippen LogP contribution in [0.5, 0.6) is 0 Å². The Morgan fingerprint density at radius 3 is 2.65 bits per heavy atom. The van der Waals surface area contributed by atoms with Gasteiger partial charge in [0.1, 0.15) is 12.0 Å². The highest BCUT2D eigenvalue weighted by molar-refractivity contribution is 5.59. The van der Waals surface area contributed by atoms with Gasteiger partial charge in [-0.1, -0.05) is 12.1 Å². The third kappa shape index (κ3) is 4.94. The summed E-state index contributed by atoms with van der Waals surface area (Å²) in [6, 6.07) is 8.07. The van der Waals surface area contributed by atoms with Gasteiger partial charge in [-0.15, -0.1) is 0 Å². The molecule has 1 aromatic heterocycles. The lowest BCUT2D eigenvalue weighted by Crippen LogP contribution is -2.08. The van der Waals surface area contributed by atoms with Gasteiger partial charge >= 0.3 is 6.18 Å². The summed E-state index contributed by atoms with van der Waals surface area (Å²) in [5.41, 5.74) is 1.48. The summed E-state index contributed by atoms with van der Waals surface area (Å²) in [5.74, 6) is 0.390. The van der Waals surface area contributed by atoms with Gasteiger partial charge in [0.25, 0.3) is 5.69 Å². The zero-order valence-corrected chi connectivity index (χ0v) is 12.2. The number of hydrogen-bond acceptors (Lipinski definition) is 4. The van der Waals surface area contributed by atoms with Gasteiger partial charge < -0.3 is 5.32 Å². The van der Waals surface area contributed by atoms with Crippen molar-refractivity contribution in [3.8, 4) is 0 Å². The first-order valence-electron chi connectivity index (χ1n) is 6.78. The van der Waals surface area contributed by atoms with E-state index in [-0.39, 0.29) is 12.1 Å². The molecule has 0 fully saturated rings. The summed E-state index contributed by atoms with van der Waals surface area (Å²) in [6.45, 7) is 1.59. The van der Waals surface area contributed by atoms with Gasteiger partial charge in [-0.05, 0) is 37.1 Å². The number of halogens is 3. The molecule has 0 unspecified atom stereocenters. The zero-order valence-electron chi connectivity index (χ0n) is 12.2. The van der Waals surface area contributed by atoms with Crippen LogP contribution in [0, 0.1) is 17.0 Å². The van der Waals surface area contributed by atoms with E-state index in [0.717, 1.165) is 6.20 Å². The Kier molecular flexibility index (Phi) is 4.83. The van der Waals surface area contributed by atoms with Crippen molar-refractivity contribution in [2.24, 2.45) is 0 Å². The Bertz CT molecular complexity index is 717. The number of alkyl halides is 3. The summed E-state index contributed by atoms with van der Waals surface area (Å²) in [4.78, 5) is 14.2. The molecule has 0 aliphatic rings. The van der Waals surface area contributed by atoms with Crippen LogP contribution in [-0.2, 0) is 6.42 Å². The zero-order chi connectivity index (χ0) is 17.0. The Hall–Kier alpha value is -2.64. The number of aryl methyl sites for hydroxylation is 2. The number of nitrogens with one attached hydrogen (secondary N) is 1. The predicted molar refractivity (Wildman–Crippen MR) is 79.7 cm³/mol. The molecule has 23 heavy (non-hydrogen) atoms. The maximum absolute atomic E-state index is 12.3. The van der Waals surface area contributed by atoms with Crippen molar-refractivity contribution in [3.63, 3.8) is 0 Å². The molecule has 0 aliphatic heterocycles. The largest absolute Gasteiger partial charge is 0.389 e. The average Bonchev–Trinajstić information content (AvgIpc) is 2.44. The molecule has 1 N–H and O–H groups in total. The van der Waals surface area contributed by atoms with Crippen LogP contribution in [0.4, 0.5) is 30.4 Å². The molecule has 2 rings (SSSR count). The van der Waals surface area contributed by atoms with E-state index in [4.69, 9.17) is 0 Å². The fraction of sp³-hybridized carbons (Fsp3) is 0.267. The van der Waals surface area contributed by atoms with Crippen LogP contribution in [0.15, 0.2) is 36.5 Å². The van der Waals surface area contributed by atoms with Gasteiger partial charge in [-0.3, -0.25) is 10.1 Å². The van der Waals surface area contributed by atoms with Crippen LogP contribution < -0.4 is 5.32 Å². The van der Waals surface area contributed by atoms with Crippen LogP contribution in [-0.4, -0.2) is 16.1 Å². The van der Waals surface area contributed by atoms with Crippen LogP contribution in [0.25, 0.3) is 0 Å². The van der Waals surface area contributed by atoms with E-state index in [1.54, 1.807) is 31.2 Å². The molecule has 1 aromatic carbocycles. The SMILES string of the molecule is Cc1cc(Nc2cccc(CCC(F)(F)F)c2)ncc1[N+](=O)[O-]. The summed E-state index contributed by atoms with van der Waals surface area (Å²) < 4.78 is 36.8. The minimum atomic E-state index is -4.19. The molecule has 5 nitrogen and oxygen atoms in total. The molecule has 122 valence electrons. The van der Waals surface area contributed by atoms with Gasteiger partial charge in [-0.25, -0.2) is 4.98 Å². The van der Waals surface area contributed by atoms with Crippen LogP contribution in [0.2, 0.25) is 0 Å². The van der Waals surface area contributed by atoms with Crippen LogP contribution in [0.3, 0.4) is 0 Å². The van der Waals surface area contributed by atoms with Crippen molar-refractivity contribution < 1.29 is 18.1 Å². The maximum atomic E-state index is 12.3. The van der Waals surface area contributed by atoms with E-state index in [1.165, 1.54) is 6.07 Å². The van der Waals surface area contributed by atoms with Crippen molar-refractivity contribution in [2.75, 3.05) is 5.32 Å². The molecule has 0 aliphatic carbocycles. The lowest BCUT2D eigenvalue weighted by Gasteiger charge is -2.09. The number of anilines is 2. The number of pyridine rings is 1. The summed E-state index contributed by atoms with van der Waals surface area (Å²) in [6.07, 6.45) is -4.04. The number of benzene rings is 1. The van der Waals surface area contributed by atoms with Gasteiger partial charge in [-0.2, -0.15) is 13.2 Å². The van der Waals surface area contributed by atoms with Crippen molar-refractivity contribution in [1.82, 2.24) is 4.98 Å². The summed E-state index contributed by atoms with van der Waals surface area (Å²) in [7, 11) is 0. The molecule has 0 radical (unpaired) electrons. The van der Waals surface area contributed by atoms with E-state index in [9.17, 15) is 23.3 Å². The van der Waals surface area contributed by atoms with Gasteiger partial charge in [0, 0.05) is 17.7 Å². The first-order chi connectivity index (χ1) is 10.7. The van der Waals surface area contributed by atoms with Gasteiger partial charge in [0.15, 0.2) is 0 Å². The molecule has 0 amide bonds. The normalized spacial score (nSPS) is 11.3. The quantitative estimate of drug-likeness (QED) is 0.647. The van der Waals surface area contributed by atoms with Crippen molar-refractivity contribution in [2.45, 2.75) is 25.9 Å². The molecular weight excluding hydrogens is 311 g/mol. The first-order valence-corrected chi connectivity index (χ1v) is 6.78. The summed E-state index contributed by atoms with van der Waals surface area (Å²) in [5, 5.41) is 13.7. The monoisotopic (exact) mass is 325 g/mol. The second kappa shape index (κ2) is 6.64. The number of rotatable bonds is 5. The van der Waals surface area contributed by atoms with Gasteiger partial charge in [0.05, 0.1) is 4.92 Å². The van der Waals surface area contributed by atoms with Gasteiger partial charge in [0.2, 0.25) is 0 Å². The maximum Gasteiger partial charge on any atom is 0.389 e. The van der Waals surface area contributed by atoms with E-state index < -0.39 is 17.5 Å². The Labute approximate surface area is 130 Å². The highest BCUT2D eigenvalue weighted by Crippen LogP contribution is 2.25. The second-order valence-electron chi connectivity index (χ2n) is 5.05. The smallest absolute Gasteiger partial charge is 0.340 e. The third-order valence-electron chi connectivity index (χ3n) is 3.18. The fourth-order valence-corrected chi connectivity index (χ4v) is 2.05. The average molecular weight is 325 g/mol. The van der Waals surface area contributed by atoms with E-state index in [2.05, 4.69) is 10.3 Å². The second-order valence-corrected chi connectivity index (χ2v) is 5.05. The van der Waals surface area contributed by atoms with Crippen molar-refractivity contribution >= 4 is 17.2 Å². The third-order valence-corrected chi connectivity index (χ3v) is 3.18. The lowest BCUT2D eigenvalue weighted by molar-refractivity contribution is -0.385. The number of nitro groups is 1. The number of aromatic nitrogens is 1. The minimum Gasteiger partial charge on any atom is -0.340 e. The topological polar surface area (TPSA) is 68.1 Å². The number of hydrogen-bond donors (Lipinski definition) is 1. The molecule has 0 bridgehead atoms. The molecule has 1 heterocycles. The number of nitrogens with zero attached hydrogens (tertiary/aromatic N) is 2. The molecular formula is C15H14F3N3O2. The predicted octanol–water partition coefficient (Wildman–Crippen LogP) is 4.54. The highest BCUT2D eigenvalue weighted by Gasteiger charge is 2.26. The molecule has 0 saturated heterocycles. The molecule has 2 aromatic rings.